The van der Waals surface area contributed by atoms with Gasteiger partial charge in [0.25, 0.3) is 0 Å². The fourth-order valence-electron chi connectivity index (χ4n) is 4.33. The zero-order chi connectivity index (χ0) is 24.8. The number of fused-ring (bicyclic) bond motifs is 1. The largest absolute Gasteiger partial charge is 0.497 e. The summed E-state index contributed by atoms with van der Waals surface area (Å²) >= 11 is 6.57. The van der Waals surface area contributed by atoms with Gasteiger partial charge in [-0.05, 0) is 41.0 Å². The number of benzene rings is 3. The van der Waals surface area contributed by atoms with E-state index >= 15 is 0 Å². The van der Waals surface area contributed by atoms with E-state index in [9.17, 15) is 9.59 Å². The number of para-hydroxylation sites is 1. The zero-order valence-corrected chi connectivity index (χ0v) is 20.4. The number of rotatable bonds is 9. The average molecular weight is 490 g/mol. The number of hydrogen-bond acceptors (Lipinski definition) is 3. The number of aromatic nitrogens is 1. The monoisotopic (exact) mass is 489 g/mol. The van der Waals surface area contributed by atoms with Gasteiger partial charge in [0.05, 0.1) is 19.6 Å². The summed E-state index contributed by atoms with van der Waals surface area (Å²) in [4.78, 5) is 28.2. The number of carbonyl (C=O) groups excluding carboxylic acids is 2. The number of H-pyrrole nitrogens is 1. The van der Waals surface area contributed by atoms with E-state index in [0.717, 1.165) is 27.6 Å². The fraction of sp³-hybridized carbons (Fsp3) is 0.214. The van der Waals surface area contributed by atoms with E-state index in [-0.39, 0.29) is 24.2 Å². The molecule has 180 valence electrons. The summed E-state index contributed by atoms with van der Waals surface area (Å²) in [5.41, 5.74) is 3.85. The van der Waals surface area contributed by atoms with Gasteiger partial charge in [0.2, 0.25) is 11.8 Å². The SMILES string of the molecule is COc1ccc(C(CC(=O)NCC(c2ccccc2Cl)c2c[nH]c3ccccc23)NC(C)=O)cc1. The highest BCUT2D eigenvalue weighted by molar-refractivity contribution is 6.31. The Bertz CT molecular complexity index is 1320. The summed E-state index contributed by atoms with van der Waals surface area (Å²) < 4.78 is 5.21. The van der Waals surface area contributed by atoms with Crippen LogP contribution in [-0.2, 0) is 9.59 Å². The molecule has 3 N–H and O–H groups in total. The Balaban J connectivity index is 1.55. The molecule has 0 aliphatic rings. The number of carbonyl (C=O) groups is 2. The zero-order valence-electron chi connectivity index (χ0n) is 19.7. The number of nitrogens with one attached hydrogen (secondary N) is 3. The van der Waals surface area contributed by atoms with Gasteiger partial charge >= 0.3 is 0 Å². The highest BCUT2D eigenvalue weighted by Crippen LogP contribution is 2.34. The van der Waals surface area contributed by atoms with E-state index in [0.29, 0.717) is 17.3 Å². The standard InChI is InChI=1S/C28H28ClN3O3/c1-18(33)32-27(19-11-13-20(35-2)14-12-19)15-28(34)31-17-23(21-7-3-5-9-25(21)29)24-16-30-26-10-6-4-8-22(24)26/h3-14,16,23,27,30H,15,17H2,1-2H3,(H,31,34)(H,32,33). The second-order valence-electron chi connectivity index (χ2n) is 8.40. The first-order valence-corrected chi connectivity index (χ1v) is 11.8. The van der Waals surface area contributed by atoms with Crippen molar-refractivity contribution in [2.75, 3.05) is 13.7 Å². The minimum absolute atomic E-state index is 0.106. The van der Waals surface area contributed by atoms with Crippen molar-refractivity contribution in [3.05, 3.63) is 101 Å². The number of methoxy groups -OCH3 is 1. The lowest BCUT2D eigenvalue weighted by Crippen LogP contribution is -2.34. The predicted octanol–water partition coefficient (Wildman–Crippen LogP) is 5.35. The molecule has 4 aromatic rings. The average Bonchev–Trinajstić information content (AvgIpc) is 3.28. The number of amides is 2. The molecule has 35 heavy (non-hydrogen) atoms. The molecular formula is C28H28ClN3O3. The maximum atomic E-state index is 13.1. The van der Waals surface area contributed by atoms with Gasteiger partial charge in [0, 0.05) is 41.5 Å². The van der Waals surface area contributed by atoms with E-state index in [1.54, 1.807) is 7.11 Å². The Morgan fingerprint density at radius 2 is 1.69 bits per heavy atom. The molecule has 7 heteroatoms. The van der Waals surface area contributed by atoms with Crippen molar-refractivity contribution in [1.29, 1.82) is 0 Å². The molecule has 3 aromatic carbocycles. The molecule has 0 saturated heterocycles. The third kappa shape index (κ3) is 5.84. The second kappa shape index (κ2) is 11.1. The Morgan fingerprint density at radius 3 is 2.40 bits per heavy atom. The van der Waals surface area contributed by atoms with E-state index in [4.69, 9.17) is 16.3 Å². The molecule has 0 aliphatic heterocycles. The van der Waals surface area contributed by atoms with Crippen molar-refractivity contribution in [1.82, 2.24) is 15.6 Å². The van der Waals surface area contributed by atoms with E-state index in [2.05, 4.69) is 21.7 Å². The quantitative estimate of drug-likeness (QED) is 0.296. The van der Waals surface area contributed by atoms with Gasteiger partial charge in [0.1, 0.15) is 5.75 Å². The summed E-state index contributed by atoms with van der Waals surface area (Å²) in [5, 5.41) is 7.68. The highest BCUT2D eigenvalue weighted by Gasteiger charge is 2.23. The van der Waals surface area contributed by atoms with Crippen LogP contribution < -0.4 is 15.4 Å². The first kappa shape index (κ1) is 24.4. The molecule has 0 spiro atoms. The smallest absolute Gasteiger partial charge is 0.222 e. The summed E-state index contributed by atoms with van der Waals surface area (Å²) in [6, 6.07) is 22.6. The van der Waals surface area contributed by atoms with Crippen LogP contribution in [-0.4, -0.2) is 30.5 Å². The van der Waals surface area contributed by atoms with Crippen LogP contribution in [0.15, 0.2) is 79.0 Å². The van der Waals surface area contributed by atoms with Crippen molar-refractivity contribution in [2.24, 2.45) is 0 Å². The normalized spacial score (nSPS) is 12.7. The maximum absolute atomic E-state index is 13.1. The topological polar surface area (TPSA) is 83.2 Å². The Labute approximate surface area is 209 Å². The summed E-state index contributed by atoms with van der Waals surface area (Å²) in [6.07, 6.45) is 2.08. The number of aromatic amines is 1. The Morgan fingerprint density at radius 1 is 0.971 bits per heavy atom. The molecule has 6 nitrogen and oxygen atoms in total. The van der Waals surface area contributed by atoms with E-state index in [1.807, 2.05) is 72.9 Å². The summed E-state index contributed by atoms with van der Waals surface area (Å²) in [7, 11) is 1.59. The Kier molecular flexibility index (Phi) is 7.73. The molecular weight excluding hydrogens is 462 g/mol. The molecule has 0 aliphatic carbocycles. The second-order valence-corrected chi connectivity index (χ2v) is 8.81. The number of ether oxygens (including phenoxy) is 1. The summed E-state index contributed by atoms with van der Waals surface area (Å²) in [5.74, 6) is 0.188. The van der Waals surface area contributed by atoms with Gasteiger partial charge in [-0.15, -0.1) is 0 Å². The van der Waals surface area contributed by atoms with Gasteiger partial charge in [-0.2, -0.15) is 0 Å². The van der Waals surface area contributed by atoms with E-state index in [1.165, 1.54) is 6.92 Å². The van der Waals surface area contributed by atoms with Crippen LogP contribution in [0.1, 0.15) is 42.0 Å². The lowest BCUT2D eigenvalue weighted by Gasteiger charge is -2.22. The molecule has 2 amide bonds. The van der Waals surface area contributed by atoms with Crippen LogP contribution in [0.5, 0.6) is 5.75 Å². The van der Waals surface area contributed by atoms with Crippen LogP contribution in [0.3, 0.4) is 0 Å². The van der Waals surface area contributed by atoms with Crippen LogP contribution in [0, 0.1) is 0 Å². The molecule has 0 fully saturated rings. The lowest BCUT2D eigenvalue weighted by molar-refractivity contribution is -0.122. The number of halogens is 1. The minimum atomic E-state index is -0.453. The molecule has 0 saturated carbocycles. The first-order chi connectivity index (χ1) is 17.0. The molecule has 0 radical (unpaired) electrons. The molecule has 2 unspecified atom stereocenters. The first-order valence-electron chi connectivity index (χ1n) is 11.4. The van der Waals surface area contributed by atoms with Crippen molar-refractivity contribution in [3.8, 4) is 5.75 Å². The van der Waals surface area contributed by atoms with Crippen LogP contribution in [0.4, 0.5) is 0 Å². The maximum Gasteiger partial charge on any atom is 0.222 e. The number of hydrogen-bond donors (Lipinski definition) is 3. The van der Waals surface area contributed by atoms with Crippen molar-refractivity contribution in [3.63, 3.8) is 0 Å². The predicted molar refractivity (Wildman–Crippen MR) is 139 cm³/mol. The molecule has 1 aromatic heterocycles. The summed E-state index contributed by atoms with van der Waals surface area (Å²) in [6.45, 7) is 1.80. The molecule has 4 rings (SSSR count). The van der Waals surface area contributed by atoms with Gasteiger partial charge in [-0.1, -0.05) is 60.1 Å². The van der Waals surface area contributed by atoms with Crippen LogP contribution in [0.2, 0.25) is 5.02 Å². The highest BCUT2D eigenvalue weighted by atomic mass is 35.5. The van der Waals surface area contributed by atoms with Crippen molar-refractivity contribution >= 4 is 34.3 Å². The minimum Gasteiger partial charge on any atom is -0.497 e. The fourth-order valence-corrected chi connectivity index (χ4v) is 4.60. The van der Waals surface area contributed by atoms with Gasteiger partial charge in [-0.3, -0.25) is 9.59 Å². The van der Waals surface area contributed by atoms with E-state index < -0.39 is 6.04 Å². The molecule has 2 atom stereocenters. The van der Waals surface area contributed by atoms with Crippen molar-refractivity contribution < 1.29 is 14.3 Å². The Hall–Kier alpha value is -3.77. The van der Waals surface area contributed by atoms with Crippen LogP contribution >= 0.6 is 11.6 Å². The van der Waals surface area contributed by atoms with Crippen LogP contribution in [0.25, 0.3) is 10.9 Å². The van der Waals surface area contributed by atoms with Gasteiger partial charge < -0.3 is 20.4 Å². The van der Waals surface area contributed by atoms with Gasteiger partial charge in [0.15, 0.2) is 0 Å². The third-order valence-corrected chi connectivity index (χ3v) is 6.41. The molecule has 1 heterocycles. The lowest BCUT2D eigenvalue weighted by atomic mass is 9.90. The van der Waals surface area contributed by atoms with Crippen molar-refractivity contribution in [2.45, 2.75) is 25.3 Å². The third-order valence-electron chi connectivity index (χ3n) is 6.07. The molecule has 0 bridgehead atoms. The van der Waals surface area contributed by atoms with Gasteiger partial charge in [-0.25, -0.2) is 0 Å².